The summed E-state index contributed by atoms with van der Waals surface area (Å²) >= 11 is 6.03. The first-order valence-electron chi connectivity index (χ1n) is 4.41. The van der Waals surface area contributed by atoms with Crippen LogP contribution < -0.4 is 0 Å². The molecule has 0 fully saturated rings. The van der Waals surface area contributed by atoms with Gasteiger partial charge in [-0.1, -0.05) is 29.8 Å². The van der Waals surface area contributed by atoms with E-state index in [1.54, 1.807) is 13.1 Å². The fourth-order valence-corrected chi connectivity index (χ4v) is 1.85. The number of benzene rings is 1. The molecule has 0 aliphatic heterocycles. The lowest BCUT2D eigenvalue weighted by Crippen LogP contribution is -2.04. The normalized spacial score (nSPS) is 10.7. The topological polar surface area (TPSA) is 22.0 Å². The molecule has 0 aliphatic carbocycles. The first-order chi connectivity index (χ1) is 6.68. The second-order valence-corrected chi connectivity index (χ2v) is 3.73. The van der Waals surface area contributed by atoms with Gasteiger partial charge in [-0.05, 0) is 13.0 Å². The second kappa shape index (κ2) is 3.46. The molecule has 14 heavy (non-hydrogen) atoms. The number of rotatable bonds is 2. The predicted octanol–water partition coefficient (Wildman–Crippen LogP) is 2.88. The maximum Gasteiger partial charge on any atom is 0.149 e. The molecule has 0 unspecified atom stereocenters. The molecule has 0 radical (unpaired) electrons. The second-order valence-electron chi connectivity index (χ2n) is 3.32. The van der Waals surface area contributed by atoms with E-state index in [-0.39, 0.29) is 5.78 Å². The average Bonchev–Trinajstić information content (AvgIpc) is 2.44. The number of Topliss-reactive ketones (excluding diaryl/α,β-unsaturated/α-hetero) is 1. The van der Waals surface area contributed by atoms with Crippen molar-refractivity contribution >= 4 is 28.3 Å². The zero-order valence-corrected chi connectivity index (χ0v) is 8.58. The van der Waals surface area contributed by atoms with Gasteiger partial charge in [0.2, 0.25) is 0 Å². The Hall–Kier alpha value is -1.28. The minimum Gasteiger partial charge on any atom is -0.339 e. The van der Waals surface area contributed by atoms with E-state index in [0.29, 0.717) is 11.6 Å². The van der Waals surface area contributed by atoms with Gasteiger partial charge in [-0.15, -0.1) is 0 Å². The number of carbonyl (C=O) groups is 1. The van der Waals surface area contributed by atoms with Crippen molar-refractivity contribution in [3.63, 3.8) is 0 Å². The summed E-state index contributed by atoms with van der Waals surface area (Å²) in [6.45, 7) is 1.95. The molecule has 0 N–H and O–H groups in total. The van der Waals surface area contributed by atoms with Crippen molar-refractivity contribution in [3.8, 4) is 0 Å². The van der Waals surface area contributed by atoms with E-state index in [1.165, 1.54) is 0 Å². The first-order valence-corrected chi connectivity index (χ1v) is 4.79. The number of carbonyl (C=O) groups excluding carboxylic acids is 1. The minimum absolute atomic E-state index is 0.127. The number of aromatic nitrogens is 1. The van der Waals surface area contributed by atoms with Crippen LogP contribution >= 0.6 is 11.6 Å². The van der Waals surface area contributed by atoms with Crippen LogP contribution in [0.5, 0.6) is 0 Å². The fraction of sp³-hybridized carbons (Fsp3) is 0.182. The molecule has 0 spiro atoms. The van der Waals surface area contributed by atoms with E-state index in [0.717, 1.165) is 10.9 Å². The number of ketones is 1. The van der Waals surface area contributed by atoms with Crippen molar-refractivity contribution < 1.29 is 4.79 Å². The van der Waals surface area contributed by atoms with E-state index in [1.807, 2.05) is 28.8 Å². The smallest absolute Gasteiger partial charge is 0.149 e. The lowest BCUT2D eigenvalue weighted by Gasteiger charge is -2.00. The third-order valence-corrected chi connectivity index (χ3v) is 2.43. The molecule has 0 saturated heterocycles. The van der Waals surface area contributed by atoms with Crippen LogP contribution in [0.15, 0.2) is 30.5 Å². The number of halogens is 1. The monoisotopic (exact) mass is 207 g/mol. The zero-order valence-electron chi connectivity index (χ0n) is 7.83. The summed E-state index contributed by atoms with van der Waals surface area (Å²) in [6, 6.07) is 7.79. The van der Waals surface area contributed by atoms with Gasteiger partial charge in [0.15, 0.2) is 0 Å². The Kier molecular flexibility index (Phi) is 2.30. The van der Waals surface area contributed by atoms with Crippen molar-refractivity contribution in [3.05, 3.63) is 35.5 Å². The van der Waals surface area contributed by atoms with Crippen molar-refractivity contribution in [1.82, 2.24) is 4.57 Å². The van der Waals surface area contributed by atoms with Crippen LogP contribution in [0.3, 0.4) is 0 Å². The van der Waals surface area contributed by atoms with Crippen LogP contribution in [0.4, 0.5) is 0 Å². The van der Waals surface area contributed by atoms with Gasteiger partial charge >= 0.3 is 0 Å². The van der Waals surface area contributed by atoms with E-state index in [4.69, 9.17) is 11.6 Å². The Morgan fingerprint density at radius 2 is 2.14 bits per heavy atom. The molecule has 72 valence electrons. The average molecular weight is 208 g/mol. The molecule has 1 heterocycles. The van der Waals surface area contributed by atoms with E-state index >= 15 is 0 Å². The van der Waals surface area contributed by atoms with Crippen LogP contribution in [-0.2, 0) is 11.3 Å². The highest BCUT2D eigenvalue weighted by molar-refractivity contribution is 6.35. The quantitative estimate of drug-likeness (QED) is 0.742. The Balaban J connectivity index is 2.60. The molecule has 0 amide bonds. The van der Waals surface area contributed by atoms with E-state index in [2.05, 4.69) is 0 Å². The van der Waals surface area contributed by atoms with Gasteiger partial charge in [-0.3, -0.25) is 4.79 Å². The third kappa shape index (κ3) is 1.53. The molecule has 1 aromatic carbocycles. The summed E-state index contributed by atoms with van der Waals surface area (Å²) in [6.07, 6.45) is 1.80. The van der Waals surface area contributed by atoms with Gasteiger partial charge in [-0.25, -0.2) is 0 Å². The van der Waals surface area contributed by atoms with Crippen molar-refractivity contribution in [2.24, 2.45) is 0 Å². The third-order valence-electron chi connectivity index (χ3n) is 2.13. The Bertz CT molecular complexity index is 487. The Labute approximate surface area is 87.1 Å². The number of fused-ring (bicyclic) bond motifs is 1. The van der Waals surface area contributed by atoms with Crippen LogP contribution in [0.25, 0.3) is 10.9 Å². The molecule has 0 atom stereocenters. The lowest BCUT2D eigenvalue weighted by molar-refractivity contribution is -0.117. The van der Waals surface area contributed by atoms with E-state index in [9.17, 15) is 4.79 Å². The van der Waals surface area contributed by atoms with E-state index < -0.39 is 0 Å². The summed E-state index contributed by atoms with van der Waals surface area (Å²) in [4.78, 5) is 11.0. The van der Waals surface area contributed by atoms with Gasteiger partial charge in [0, 0.05) is 17.1 Å². The number of hydrogen-bond acceptors (Lipinski definition) is 1. The van der Waals surface area contributed by atoms with Crippen molar-refractivity contribution in [2.75, 3.05) is 0 Å². The van der Waals surface area contributed by atoms with Crippen LogP contribution in [0.2, 0.25) is 5.02 Å². The van der Waals surface area contributed by atoms with Crippen molar-refractivity contribution in [1.29, 1.82) is 0 Å². The molecule has 0 saturated carbocycles. The summed E-state index contributed by atoms with van der Waals surface area (Å²) < 4.78 is 1.88. The molecule has 3 heteroatoms. The molecule has 0 bridgehead atoms. The summed E-state index contributed by atoms with van der Waals surface area (Å²) in [7, 11) is 0. The van der Waals surface area contributed by atoms with Crippen molar-refractivity contribution in [2.45, 2.75) is 13.5 Å². The number of hydrogen-bond donors (Lipinski definition) is 0. The Morgan fingerprint density at radius 3 is 2.86 bits per heavy atom. The maximum atomic E-state index is 11.0. The molecular weight excluding hydrogens is 198 g/mol. The van der Waals surface area contributed by atoms with Gasteiger partial charge < -0.3 is 4.57 Å². The zero-order chi connectivity index (χ0) is 10.1. The molecule has 0 aliphatic rings. The fourth-order valence-electron chi connectivity index (χ4n) is 1.57. The minimum atomic E-state index is 0.127. The van der Waals surface area contributed by atoms with Crippen LogP contribution in [0.1, 0.15) is 6.92 Å². The summed E-state index contributed by atoms with van der Waals surface area (Å²) in [5.74, 6) is 0.127. The summed E-state index contributed by atoms with van der Waals surface area (Å²) in [5, 5.41) is 1.69. The van der Waals surface area contributed by atoms with Gasteiger partial charge in [0.25, 0.3) is 0 Å². The molecule has 2 nitrogen and oxygen atoms in total. The summed E-state index contributed by atoms with van der Waals surface area (Å²) in [5.41, 5.74) is 1.01. The van der Waals surface area contributed by atoms with Crippen LogP contribution in [0, 0.1) is 0 Å². The first kappa shape index (κ1) is 9.28. The maximum absolute atomic E-state index is 11.0. The van der Waals surface area contributed by atoms with Gasteiger partial charge in [0.05, 0.1) is 11.6 Å². The highest BCUT2D eigenvalue weighted by Crippen LogP contribution is 2.25. The molecule has 2 rings (SSSR count). The van der Waals surface area contributed by atoms with Gasteiger partial charge in [-0.2, -0.15) is 0 Å². The lowest BCUT2D eigenvalue weighted by atomic mass is 10.2. The highest BCUT2D eigenvalue weighted by Gasteiger charge is 2.06. The van der Waals surface area contributed by atoms with Gasteiger partial charge in [0.1, 0.15) is 5.78 Å². The standard InChI is InChI=1S/C11H10ClNO/c1-8(14)6-13-7-10(12)9-4-2-3-5-11(9)13/h2-5,7H,6H2,1H3. The SMILES string of the molecule is CC(=O)Cn1cc(Cl)c2ccccc21. The highest BCUT2D eigenvalue weighted by atomic mass is 35.5. The number of para-hydroxylation sites is 1. The largest absolute Gasteiger partial charge is 0.339 e. The molecular formula is C11H10ClNO. The number of nitrogens with zero attached hydrogens (tertiary/aromatic N) is 1. The van der Waals surface area contributed by atoms with Crippen LogP contribution in [-0.4, -0.2) is 10.4 Å². The Morgan fingerprint density at radius 1 is 1.43 bits per heavy atom. The molecule has 2 aromatic rings. The molecule has 1 aromatic heterocycles. The predicted molar refractivity (Wildman–Crippen MR) is 57.6 cm³/mol.